The van der Waals surface area contributed by atoms with Crippen LogP contribution < -0.4 is 10.2 Å². The number of fused-ring (bicyclic) bond motifs is 1. The Kier molecular flexibility index (Phi) is 6.91. The minimum Gasteiger partial charge on any atom is -0.465 e. The van der Waals surface area contributed by atoms with Crippen LogP contribution in [-0.4, -0.2) is 48.9 Å². The predicted octanol–water partition coefficient (Wildman–Crippen LogP) is 3.67. The van der Waals surface area contributed by atoms with E-state index in [0.29, 0.717) is 6.61 Å². The van der Waals surface area contributed by atoms with Gasteiger partial charge in [-0.3, -0.25) is 9.79 Å². The number of rotatable bonds is 4. The van der Waals surface area contributed by atoms with Crippen molar-refractivity contribution in [2.24, 2.45) is 10.4 Å². The lowest BCUT2D eigenvalue weighted by atomic mass is 9.78. The lowest BCUT2D eigenvalue weighted by Crippen LogP contribution is -2.30. The van der Waals surface area contributed by atoms with Crippen molar-refractivity contribution in [3.8, 4) is 0 Å². The molecule has 1 N–H and O–H groups in total. The number of halogens is 1. The maximum Gasteiger partial charge on any atom is 0.327 e. The highest BCUT2D eigenvalue weighted by Gasteiger charge is 2.36. The second kappa shape index (κ2) is 8.60. The summed E-state index contributed by atoms with van der Waals surface area (Å²) in [5.41, 5.74) is 3.06. The summed E-state index contributed by atoms with van der Waals surface area (Å²) in [4.78, 5) is 28.2. The number of hydrogen-bond donors (Lipinski definition) is 1. The molecular weight excluding hydrogens is 430 g/mol. The van der Waals surface area contributed by atoms with E-state index in [1.54, 1.807) is 25.0 Å². The zero-order chi connectivity index (χ0) is 18.9. The lowest BCUT2D eigenvalue weighted by Gasteiger charge is -2.37. The van der Waals surface area contributed by atoms with Crippen LogP contribution in [0.4, 0.5) is 11.5 Å². The van der Waals surface area contributed by atoms with E-state index >= 15 is 0 Å². The summed E-state index contributed by atoms with van der Waals surface area (Å²) < 4.78 is 5.01. The number of thioether (sulfide) groups is 1. The Morgan fingerprint density at radius 1 is 1.37 bits per heavy atom. The molecule has 2 aliphatic rings. The topological polar surface area (TPSA) is 79.7 Å². The molecule has 0 saturated carbocycles. The quantitative estimate of drug-likeness (QED) is 0.547. The minimum atomic E-state index is -0.295. The Bertz CT molecular complexity index is 792. The molecule has 0 bridgehead atoms. The molecular formula is C18H26BrN5O2S. The fourth-order valence-corrected chi connectivity index (χ4v) is 4.22. The van der Waals surface area contributed by atoms with Crippen LogP contribution in [0.1, 0.15) is 33.6 Å². The number of allylic oxidation sites excluding steroid dienone is 2. The van der Waals surface area contributed by atoms with Crippen LogP contribution in [0.25, 0.3) is 0 Å². The number of hydrogen-bond acceptors (Lipinski definition) is 8. The first-order valence-electron chi connectivity index (χ1n) is 8.70. The third-order valence-corrected chi connectivity index (χ3v) is 5.42. The van der Waals surface area contributed by atoms with Gasteiger partial charge in [-0.05, 0) is 25.2 Å². The average Bonchev–Trinajstić information content (AvgIpc) is 2.57. The van der Waals surface area contributed by atoms with Gasteiger partial charge < -0.3 is 15.0 Å². The van der Waals surface area contributed by atoms with Crippen molar-refractivity contribution in [1.82, 2.24) is 9.97 Å². The molecule has 3 rings (SSSR count). The van der Waals surface area contributed by atoms with Gasteiger partial charge in [0.05, 0.1) is 17.2 Å². The molecule has 0 radical (unpaired) electrons. The number of carbonyl (C=O) groups is 1. The average molecular weight is 456 g/mol. The Balaban J connectivity index is 0.00000261. The van der Waals surface area contributed by atoms with Gasteiger partial charge in [0.15, 0.2) is 5.82 Å². The molecule has 1 aromatic rings. The summed E-state index contributed by atoms with van der Waals surface area (Å²) in [6.07, 6.45) is 3.31. The number of anilines is 2. The first-order valence-corrected chi connectivity index (χ1v) is 9.52. The number of carbonyl (C=O) groups excluding carboxylic acids is 1. The van der Waals surface area contributed by atoms with E-state index in [4.69, 9.17) is 4.74 Å². The van der Waals surface area contributed by atoms with Gasteiger partial charge in [-0.15, -0.1) is 17.0 Å². The van der Waals surface area contributed by atoms with Crippen LogP contribution in [0.3, 0.4) is 0 Å². The molecule has 1 aromatic heterocycles. The number of esters is 1. The van der Waals surface area contributed by atoms with Gasteiger partial charge in [-0.25, -0.2) is 9.97 Å². The van der Waals surface area contributed by atoms with E-state index in [2.05, 4.69) is 34.1 Å². The number of aliphatic imine (C=N–C) groups is 1. The highest BCUT2D eigenvalue weighted by Crippen LogP contribution is 2.49. The number of nitrogens with one attached hydrogen (secondary N) is 1. The van der Waals surface area contributed by atoms with Crippen molar-refractivity contribution in [3.63, 3.8) is 0 Å². The Labute approximate surface area is 174 Å². The standard InChI is InChI=1S/C18H25N5O2S.BrH/c1-6-25-13(24)9-19-11-7-18(2,3)8-12-15(11)26-17-14(22-12)16(23(4)5)20-10-21-17;/h10,22H,6-9H2,1-5H3;1H. The van der Waals surface area contributed by atoms with Gasteiger partial charge >= 0.3 is 5.97 Å². The van der Waals surface area contributed by atoms with Crippen LogP contribution in [0.15, 0.2) is 26.9 Å². The summed E-state index contributed by atoms with van der Waals surface area (Å²) in [5, 5.41) is 4.42. The molecule has 0 fully saturated rings. The summed E-state index contributed by atoms with van der Waals surface area (Å²) in [6, 6.07) is 0. The molecule has 0 spiro atoms. The van der Waals surface area contributed by atoms with Crippen molar-refractivity contribution in [3.05, 3.63) is 16.9 Å². The monoisotopic (exact) mass is 455 g/mol. The van der Waals surface area contributed by atoms with E-state index < -0.39 is 0 Å². The Hall–Kier alpha value is -1.61. The SMILES string of the molecule is Br.CCOC(=O)CN=C1CC(C)(C)CC2=C1Sc1ncnc(N(C)C)c1N2. The van der Waals surface area contributed by atoms with Crippen LogP contribution in [-0.2, 0) is 9.53 Å². The third-order valence-electron chi connectivity index (χ3n) is 4.23. The van der Waals surface area contributed by atoms with E-state index in [9.17, 15) is 4.79 Å². The van der Waals surface area contributed by atoms with Crippen molar-refractivity contribution in [2.75, 3.05) is 37.5 Å². The molecule has 2 heterocycles. The Morgan fingerprint density at radius 3 is 2.78 bits per heavy atom. The Morgan fingerprint density at radius 2 is 2.11 bits per heavy atom. The molecule has 0 atom stereocenters. The van der Waals surface area contributed by atoms with Crippen molar-refractivity contribution < 1.29 is 9.53 Å². The molecule has 9 heteroatoms. The predicted molar refractivity (Wildman–Crippen MR) is 115 cm³/mol. The maximum absolute atomic E-state index is 11.7. The van der Waals surface area contributed by atoms with Gasteiger partial charge in [0.2, 0.25) is 0 Å². The molecule has 0 aromatic carbocycles. The summed E-state index contributed by atoms with van der Waals surface area (Å²) in [7, 11) is 3.94. The smallest absolute Gasteiger partial charge is 0.327 e. The van der Waals surface area contributed by atoms with Crippen molar-refractivity contribution in [1.29, 1.82) is 0 Å². The zero-order valence-corrected chi connectivity index (χ0v) is 18.9. The van der Waals surface area contributed by atoms with E-state index in [1.165, 1.54) is 0 Å². The number of ether oxygens (including phenoxy) is 1. The summed E-state index contributed by atoms with van der Waals surface area (Å²) >= 11 is 1.60. The molecule has 1 aliphatic carbocycles. The third kappa shape index (κ3) is 4.82. The van der Waals surface area contributed by atoms with E-state index in [0.717, 1.165) is 45.7 Å². The first kappa shape index (κ1) is 21.7. The minimum absolute atomic E-state index is 0. The van der Waals surface area contributed by atoms with Crippen molar-refractivity contribution in [2.45, 2.75) is 38.6 Å². The molecule has 0 amide bonds. The molecule has 27 heavy (non-hydrogen) atoms. The van der Waals surface area contributed by atoms with Gasteiger partial charge in [0.25, 0.3) is 0 Å². The van der Waals surface area contributed by atoms with Crippen LogP contribution in [0.2, 0.25) is 0 Å². The second-order valence-corrected chi connectivity index (χ2v) is 8.39. The fourth-order valence-electron chi connectivity index (χ4n) is 3.18. The molecule has 0 unspecified atom stereocenters. The first-order chi connectivity index (χ1) is 12.3. The number of aromatic nitrogens is 2. The highest BCUT2D eigenvalue weighted by atomic mass is 79.9. The van der Waals surface area contributed by atoms with Crippen LogP contribution in [0, 0.1) is 5.41 Å². The van der Waals surface area contributed by atoms with Gasteiger partial charge in [-0.2, -0.15) is 0 Å². The molecule has 0 saturated heterocycles. The summed E-state index contributed by atoms with van der Waals surface area (Å²) in [6.45, 7) is 6.66. The largest absolute Gasteiger partial charge is 0.465 e. The highest BCUT2D eigenvalue weighted by molar-refractivity contribution is 8.93. The van der Waals surface area contributed by atoms with Gasteiger partial charge in [0, 0.05) is 19.8 Å². The second-order valence-electron chi connectivity index (χ2n) is 7.39. The maximum atomic E-state index is 11.7. The van der Waals surface area contributed by atoms with Gasteiger partial charge in [-0.1, -0.05) is 25.6 Å². The molecule has 7 nitrogen and oxygen atoms in total. The van der Waals surface area contributed by atoms with Gasteiger partial charge in [0.1, 0.15) is 23.6 Å². The fraction of sp³-hybridized carbons (Fsp3) is 0.556. The lowest BCUT2D eigenvalue weighted by molar-refractivity contribution is -0.141. The van der Waals surface area contributed by atoms with Crippen LogP contribution >= 0.6 is 28.7 Å². The van der Waals surface area contributed by atoms with E-state index in [1.807, 2.05) is 19.0 Å². The van der Waals surface area contributed by atoms with Crippen molar-refractivity contribution >= 4 is 51.9 Å². The van der Waals surface area contributed by atoms with E-state index in [-0.39, 0.29) is 34.9 Å². The zero-order valence-electron chi connectivity index (χ0n) is 16.3. The molecule has 148 valence electrons. The number of nitrogens with zero attached hydrogens (tertiary/aromatic N) is 4. The normalized spacial score (nSPS) is 18.8. The van der Waals surface area contributed by atoms with Crippen LogP contribution in [0.5, 0.6) is 0 Å². The summed E-state index contributed by atoms with van der Waals surface area (Å²) in [5.74, 6) is 0.569. The molecule has 1 aliphatic heterocycles.